The molecule has 0 rings (SSSR count). The van der Waals surface area contributed by atoms with Gasteiger partial charge < -0.3 is 0 Å². The first kappa shape index (κ1) is 103. The molecule has 0 nitrogen and oxygen atoms in total. The molecule has 0 bridgehead atoms. The molecule has 0 saturated carbocycles. The van der Waals surface area contributed by atoms with Crippen molar-refractivity contribution in [3.63, 3.8) is 0 Å². The van der Waals surface area contributed by atoms with Crippen molar-refractivity contribution in [2.75, 3.05) is 0 Å². The quantitative estimate of drug-likeness (QED) is 0.321. The molecule has 0 radical (unpaired) electrons. The van der Waals surface area contributed by atoms with Crippen molar-refractivity contribution >= 4 is 4.40 Å². The van der Waals surface area contributed by atoms with Crippen molar-refractivity contribution in [3.05, 3.63) is 0 Å². The first-order valence-electron chi connectivity index (χ1n) is 2.29. The second-order valence-electron chi connectivity index (χ2n) is 2.35. The van der Waals surface area contributed by atoms with Crippen LogP contribution < -0.4 is 0 Å². The second-order valence-corrected chi connectivity index (χ2v) is 3.09. The fourth-order valence-electron chi connectivity index (χ4n) is 0. The molecule has 0 amide bonds. The van der Waals surface area contributed by atoms with Gasteiger partial charge in [-0.2, -0.15) is 0 Å². The Morgan fingerprint density at radius 2 is 0.500 bits per heavy atom. The monoisotopic (exact) mass is 3200 g/mol. The van der Waals surface area contributed by atoms with Gasteiger partial charge in [0, 0.05) is 253 Å². The van der Waals surface area contributed by atoms with Gasteiger partial charge in [-0.3, -0.25) is 0 Å². The minimum absolute atomic E-state index is 0. The van der Waals surface area contributed by atoms with Gasteiger partial charge in [-0.15, -0.1) is 0 Å². The normalized spacial score (nSPS) is 3.41. The molecule has 0 heterocycles. The molecule has 0 aliphatic carbocycles. The van der Waals surface area contributed by atoms with Crippen LogP contribution in [0.5, 0.6) is 0 Å². The van der Waals surface area contributed by atoms with Crippen LogP contribution in [0, 0.1) is 5.41 Å². The maximum atomic E-state index is 3.19. The molecular weight excluding hydrogens is 3190 g/mol. The van der Waals surface area contributed by atoms with E-state index in [1.807, 2.05) is 0 Å². The van der Waals surface area contributed by atoms with Crippen LogP contribution in [-0.2, 0) is 337 Å². The number of hydrogen-bond donors (Lipinski definition) is 0. The van der Waals surface area contributed by atoms with Crippen LogP contribution in [0.4, 0.5) is 0 Å². The summed E-state index contributed by atoms with van der Waals surface area (Å²) < 4.78 is 3.19. The predicted octanol–water partition coefficient (Wildman–Crippen LogP) is 1.22. The molecule has 0 aromatic heterocycles. The van der Waals surface area contributed by atoms with E-state index < -0.39 is 0 Å². The van der Waals surface area contributed by atoms with Gasteiger partial charge in [0.05, 0.1) is 0 Å². The molecule has 0 aromatic rings. The molecule has 0 fully saturated rings. The Hall–Kier alpha value is 11.6. The SMILES string of the molecule is CC(C)(C)[C-]=[W].[W].[W].[W].[W].[W].[W].[W].[W].[W].[W].[W].[W].[W]=[W].[W]=[W]. The van der Waals surface area contributed by atoms with Gasteiger partial charge in [-0.05, 0) is 0 Å². The fraction of sp³-hybridized carbons (Fsp3) is 0.800. The Morgan fingerprint density at radius 1 is 0.455 bits per heavy atom. The Morgan fingerprint density at radius 3 is 0.500 bits per heavy atom. The van der Waals surface area contributed by atoms with E-state index in [0.717, 1.165) is 0 Å². The third kappa shape index (κ3) is 139. The Balaban J connectivity index is -0.00000000222. The zero-order valence-electron chi connectivity index (χ0n) is 10.9. The van der Waals surface area contributed by atoms with Crippen LogP contribution in [0.2, 0.25) is 0 Å². The zero-order valence-corrected chi connectivity index (χ0v) is 60.8. The standard InChI is InChI=1S/C5H9.17W/c1-5(2,3)4;;;;;;;;;;;;;;;;;/h1-3H3;;;;;;;;;;;;;;;;;/q-1;;;;;;;;;;;;;;;;;. The van der Waals surface area contributed by atoms with E-state index in [1.165, 1.54) is 19.4 Å². The summed E-state index contributed by atoms with van der Waals surface area (Å²) in [4.78, 5) is 0. The Bertz CT molecular complexity index is 79.6. The molecule has 17 heteroatoms. The van der Waals surface area contributed by atoms with E-state index in [-0.39, 0.29) is 253 Å². The maximum absolute atomic E-state index is 3.19. The average molecular weight is 3190 g/mol. The van der Waals surface area contributed by atoms with Gasteiger partial charge in [0.25, 0.3) is 0 Å². The van der Waals surface area contributed by atoms with Gasteiger partial charge in [-0.1, -0.05) is 0 Å². The van der Waals surface area contributed by atoms with Gasteiger partial charge in [0.2, 0.25) is 0 Å². The number of hydrogen-bond acceptors (Lipinski definition) is 0. The van der Waals surface area contributed by atoms with Crippen molar-refractivity contribution in [3.8, 4) is 0 Å². The summed E-state index contributed by atoms with van der Waals surface area (Å²) in [6.45, 7) is 6.46. The summed E-state index contributed by atoms with van der Waals surface area (Å²) in [6, 6.07) is 0. The summed E-state index contributed by atoms with van der Waals surface area (Å²) >= 11 is 8.11. The van der Waals surface area contributed by atoms with Crippen molar-refractivity contribution < 1.29 is 337 Å². The Kier molecular flexibility index (Phi) is 442. The Labute approximate surface area is 357 Å². The van der Waals surface area contributed by atoms with Crippen LogP contribution in [0.1, 0.15) is 20.8 Å². The summed E-state index contributed by atoms with van der Waals surface area (Å²) in [5.41, 5.74) is 0.329. The van der Waals surface area contributed by atoms with Crippen molar-refractivity contribution in [1.82, 2.24) is 0 Å². The minimum atomic E-state index is 0. The first-order chi connectivity index (χ1) is 4.56. The van der Waals surface area contributed by atoms with Crippen molar-refractivity contribution in [1.29, 1.82) is 0 Å². The summed E-state index contributed by atoms with van der Waals surface area (Å²) in [5, 5.41) is 0. The molecule has 0 aliphatic heterocycles. The number of rotatable bonds is 0. The van der Waals surface area contributed by atoms with E-state index in [2.05, 4.69) is 25.2 Å². The average Bonchev–Trinajstić information content (AvgIpc) is 1.95. The molecule has 0 N–H and O–H groups in total. The van der Waals surface area contributed by atoms with E-state index in [0.29, 0.717) is 5.41 Å². The predicted molar refractivity (Wildman–Crippen MR) is 24.5 cm³/mol. The van der Waals surface area contributed by atoms with Gasteiger partial charge in [0.1, 0.15) is 0 Å². The van der Waals surface area contributed by atoms with Gasteiger partial charge in [0.15, 0.2) is 0 Å². The molecule has 0 spiro atoms. The molecule has 0 aliphatic rings. The van der Waals surface area contributed by atoms with Crippen LogP contribution in [0.3, 0.4) is 0 Å². The van der Waals surface area contributed by atoms with E-state index in [1.54, 1.807) is 64.9 Å². The van der Waals surface area contributed by atoms with E-state index in [9.17, 15) is 0 Å². The first-order valence-corrected chi connectivity index (χ1v) is 25.8. The molecule has 0 atom stereocenters. The van der Waals surface area contributed by atoms with Gasteiger partial charge in [-0.25, -0.2) is 0 Å². The third-order valence-electron chi connectivity index (χ3n) is 0.306. The van der Waals surface area contributed by atoms with Crippen LogP contribution in [0.15, 0.2) is 0 Å². The molecular formula is C5H9W17-. The molecule has 0 unspecified atom stereocenters. The third-order valence-corrected chi connectivity index (χ3v) is 2.51. The molecule has 0 saturated heterocycles. The van der Waals surface area contributed by atoms with Crippen LogP contribution >= 0.6 is 0 Å². The second kappa shape index (κ2) is 94.1. The van der Waals surface area contributed by atoms with Crippen molar-refractivity contribution in [2.45, 2.75) is 20.8 Å². The topological polar surface area (TPSA) is 0 Å². The van der Waals surface area contributed by atoms with Crippen molar-refractivity contribution in [2.24, 2.45) is 5.41 Å². The molecule has 132 valence electrons. The van der Waals surface area contributed by atoms with Crippen LogP contribution in [0.25, 0.3) is 0 Å². The van der Waals surface area contributed by atoms with Gasteiger partial charge >= 0.3 is 115 Å². The molecule has 0 aromatic carbocycles. The van der Waals surface area contributed by atoms with E-state index >= 15 is 0 Å². The van der Waals surface area contributed by atoms with E-state index in [4.69, 9.17) is 0 Å². The molecule has 22 heavy (non-hydrogen) atoms. The summed E-state index contributed by atoms with van der Waals surface area (Å²) in [6.07, 6.45) is 0. The van der Waals surface area contributed by atoms with Crippen LogP contribution in [-0.4, -0.2) is 4.40 Å². The summed E-state index contributed by atoms with van der Waals surface area (Å²) in [5.74, 6) is 0. The summed E-state index contributed by atoms with van der Waals surface area (Å²) in [7, 11) is 0. The fourth-order valence-corrected chi connectivity index (χ4v) is 0. The zero-order chi connectivity index (χ0) is 9.21.